The van der Waals surface area contributed by atoms with Crippen molar-refractivity contribution in [3.63, 3.8) is 0 Å². The molecule has 1 aliphatic heterocycles. The first-order valence-corrected chi connectivity index (χ1v) is 7.31. The van der Waals surface area contributed by atoms with Crippen LogP contribution in [0.5, 0.6) is 0 Å². The second-order valence-electron chi connectivity index (χ2n) is 5.99. The van der Waals surface area contributed by atoms with Crippen LogP contribution in [0.1, 0.15) is 31.2 Å². The lowest BCUT2D eigenvalue weighted by atomic mass is 9.91. The van der Waals surface area contributed by atoms with E-state index < -0.39 is 11.4 Å². The molecule has 1 heterocycles. The van der Waals surface area contributed by atoms with E-state index in [2.05, 4.69) is 0 Å². The summed E-state index contributed by atoms with van der Waals surface area (Å²) in [5, 5.41) is 9.00. The average Bonchev–Trinajstić information content (AvgIpc) is 3.29. The van der Waals surface area contributed by atoms with E-state index in [0.717, 1.165) is 18.4 Å². The number of carbonyl (C=O) groups excluding carboxylic acids is 1. The standard InChI is InChI=1S/C16H18FNO3/c17-13-3-1-12(2-4-13)16(7-8-16)15(21)18-9-5-11(6-10-18)14(19)20/h1-4,11H,5-10H2,(H,19,20). The molecule has 0 bridgehead atoms. The molecule has 1 aromatic rings. The van der Waals surface area contributed by atoms with Gasteiger partial charge in [0.2, 0.25) is 5.91 Å². The Morgan fingerprint density at radius 1 is 1.14 bits per heavy atom. The van der Waals surface area contributed by atoms with Crippen molar-refractivity contribution < 1.29 is 19.1 Å². The van der Waals surface area contributed by atoms with Crippen molar-refractivity contribution in [1.82, 2.24) is 4.90 Å². The molecule has 1 aliphatic carbocycles. The number of amides is 1. The molecule has 0 atom stereocenters. The first-order chi connectivity index (χ1) is 10.0. The number of hydrogen-bond donors (Lipinski definition) is 1. The minimum Gasteiger partial charge on any atom is -0.481 e. The van der Waals surface area contributed by atoms with Gasteiger partial charge in [-0.25, -0.2) is 4.39 Å². The Morgan fingerprint density at radius 3 is 2.19 bits per heavy atom. The molecule has 4 nitrogen and oxygen atoms in total. The van der Waals surface area contributed by atoms with E-state index in [1.54, 1.807) is 17.0 Å². The van der Waals surface area contributed by atoms with Crippen molar-refractivity contribution >= 4 is 11.9 Å². The van der Waals surface area contributed by atoms with Crippen LogP contribution in [0.3, 0.4) is 0 Å². The van der Waals surface area contributed by atoms with E-state index in [1.807, 2.05) is 0 Å². The van der Waals surface area contributed by atoms with Gasteiger partial charge in [0.1, 0.15) is 5.82 Å². The van der Waals surface area contributed by atoms with Crippen LogP contribution >= 0.6 is 0 Å². The predicted molar refractivity (Wildman–Crippen MR) is 74.3 cm³/mol. The number of piperidine rings is 1. The van der Waals surface area contributed by atoms with Crippen LogP contribution < -0.4 is 0 Å². The molecular weight excluding hydrogens is 273 g/mol. The average molecular weight is 291 g/mol. The van der Waals surface area contributed by atoms with E-state index in [4.69, 9.17) is 5.11 Å². The predicted octanol–water partition coefficient (Wildman–Crippen LogP) is 2.18. The summed E-state index contributed by atoms with van der Waals surface area (Å²) in [6, 6.07) is 6.15. The molecule has 5 heteroatoms. The zero-order chi connectivity index (χ0) is 15.0. The third-order valence-electron chi connectivity index (χ3n) is 4.69. The summed E-state index contributed by atoms with van der Waals surface area (Å²) in [5.74, 6) is -1.35. The van der Waals surface area contributed by atoms with Crippen LogP contribution in [0.25, 0.3) is 0 Å². The van der Waals surface area contributed by atoms with E-state index in [9.17, 15) is 14.0 Å². The van der Waals surface area contributed by atoms with Gasteiger partial charge in [0.05, 0.1) is 11.3 Å². The van der Waals surface area contributed by atoms with Crippen LogP contribution in [-0.4, -0.2) is 35.0 Å². The smallest absolute Gasteiger partial charge is 0.306 e. The van der Waals surface area contributed by atoms with Crippen molar-refractivity contribution in [2.75, 3.05) is 13.1 Å². The maximum absolute atomic E-state index is 13.0. The van der Waals surface area contributed by atoms with Gasteiger partial charge in [0, 0.05) is 13.1 Å². The molecule has 0 spiro atoms. The topological polar surface area (TPSA) is 57.6 Å². The fraction of sp³-hybridized carbons (Fsp3) is 0.500. The van der Waals surface area contributed by atoms with Gasteiger partial charge in [-0.05, 0) is 43.4 Å². The number of carbonyl (C=O) groups is 2. The van der Waals surface area contributed by atoms with Gasteiger partial charge < -0.3 is 10.0 Å². The maximum atomic E-state index is 13.0. The Labute approximate surface area is 122 Å². The fourth-order valence-electron chi connectivity index (χ4n) is 3.15. The SMILES string of the molecule is O=C(O)C1CCN(C(=O)C2(c3ccc(F)cc3)CC2)CC1. The number of aliphatic carboxylic acids is 1. The molecule has 1 aromatic carbocycles. The van der Waals surface area contributed by atoms with Crippen molar-refractivity contribution in [2.45, 2.75) is 31.1 Å². The second-order valence-corrected chi connectivity index (χ2v) is 5.99. The second kappa shape index (κ2) is 5.13. The van der Waals surface area contributed by atoms with Crippen LogP contribution in [0.4, 0.5) is 4.39 Å². The highest BCUT2D eigenvalue weighted by Crippen LogP contribution is 2.50. The Kier molecular flexibility index (Phi) is 3.43. The van der Waals surface area contributed by atoms with E-state index >= 15 is 0 Å². The molecule has 1 saturated carbocycles. The largest absolute Gasteiger partial charge is 0.481 e. The normalized spacial score (nSPS) is 21.1. The third kappa shape index (κ3) is 2.52. The molecule has 112 valence electrons. The Balaban J connectivity index is 1.71. The molecule has 1 N–H and O–H groups in total. The molecule has 1 saturated heterocycles. The van der Waals surface area contributed by atoms with Crippen molar-refractivity contribution in [1.29, 1.82) is 0 Å². The summed E-state index contributed by atoms with van der Waals surface area (Å²) in [6.45, 7) is 0.998. The Bertz CT molecular complexity index is 557. The quantitative estimate of drug-likeness (QED) is 0.928. The highest BCUT2D eigenvalue weighted by molar-refractivity contribution is 5.91. The zero-order valence-electron chi connectivity index (χ0n) is 11.7. The first kappa shape index (κ1) is 14.0. The van der Waals surface area contributed by atoms with Crippen LogP contribution in [0.2, 0.25) is 0 Å². The fourth-order valence-corrected chi connectivity index (χ4v) is 3.15. The minimum absolute atomic E-state index is 0.0675. The summed E-state index contributed by atoms with van der Waals surface area (Å²) >= 11 is 0. The number of carboxylic acid groups (broad SMARTS) is 1. The molecule has 0 unspecified atom stereocenters. The zero-order valence-corrected chi connectivity index (χ0v) is 11.7. The molecule has 0 radical (unpaired) electrons. The van der Waals surface area contributed by atoms with Crippen LogP contribution in [0, 0.1) is 11.7 Å². The molecule has 3 rings (SSSR count). The van der Waals surface area contributed by atoms with Gasteiger partial charge in [-0.1, -0.05) is 12.1 Å². The van der Waals surface area contributed by atoms with Crippen molar-refractivity contribution in [3.8, 4) is 0 Å². The molecule has 21 heavy (non-hydrogen) atoms. The maximum Gasteiger partial charge on any atom is 0.306 e. The van der Waals surface area contributed by atoms with Gasteiger partial charge in [-0.15, -0.1) is 0 Å². The lowest BCUT2D eigenvalue weighted by molar-refractivity contribution is -0.146. The van der Waals surface area contributed by atoms with Gasteiger partial charge in [-0.2, -0.15) is 0 Å². The van der Waals surface area contributed by atoms with Gasteiger partial charge in [0.15, 0.2) is 0 Å². The number of benzene rings is 1. The Hall–Kier alpha value is -1.91. The molecule has 0 aromatic heterocycles. The van der Waals surface area contributed by atoms with E-state index in [1.165, 1.54) is 12.1 Å². The third-order valence-corrected chi connectivity index (χ3v) is 4.69. The monoisotopic (exact) mass is 291 g/mol. The first-order valence-electron chi connectivity index (χ1n) is 7.31. The number of hydrogen-bond acceptors (Lipinski definition) is 2. The number of nitrogens with zero attached hydrogens (tertiary/aromatic N) is 1. The molecular formula is C16H18FNO3. The van der Waals surface area contributed by atoms with Crippen molar-refractivity contribution in [3.05, 3.63) is 35.6 Å². The summed E-state index contributed by atoms with van der Waals surface area (Å²) in [4.78, 5) is 25.5. The van der Waals surface area contributed by atoms with Gasteiger partial charge in [0.25, 0.3) is 0 Å². The summed E-state index contributed by atoms with van der Waals surface area (Å²) in [5.41, 5.74) is 0.373. The number of carboxylic acids is 1. The lowest BCUT2D eigenvalue weighted by Crippen LogP contribution is -2.45. The Morgan fingerprint density at radius 2 is 1.71 bits per heavy atom. The summed E-state index contributed by atoms with van der Waals surface area (Å²) < 4.78 is 13.0. The number of likely N-dealkylation sites (tertiary alicyclic amines) is 1. The number of halogens is 1. The van der Waals surface area contributed by atoms with Crippen LogP contribution in [-0.2, 0) is 15.0 Å². The van der Waals surface area contributed by atoms with E-state index in [0.29, 0.717) is 25.9 Å². The molecule has 1 amide bonds. The lowest BCUT2D eigenvalue weighted by Gasteiger charge is -2.33. The minimum atomic E-state index is -0.776. The molecule has 2 aliphatic rings. The number of rotatable bonds is 3. The summed E-state index contributed by atoms with van der Waals surface area (Å²) in [6.07, 6.45) is 2.60. The van der Waals surface area contributed by atoms with Gasteiger partial charge >= 0.3 is 5.97 Å². The summed E-state index contributed by atoms with van der Waals surface area (Å²) in [7, 11) is 0. The highest BCUT2D eigenvalue weighted by atomic mass is 19.1. The van der Waals surface area contributed by atoms with Crippen molar-refractivity contribution in [2.24, 2.45) is 5.92 Å². The van der Waals surface area contributed by atoms with E-state index in [-0.39, 0.29) is 17.6 Å². The van der Waals surface area contributed by atoms with Gasteiger partial charge in [-0.3, -0.25) is 9.59 Å². The van der Waals surface area contributed by atoms with Crippen LogP contribution in [0.15, 0.2) is 24.3 Å². The molecule has 2 fully saturated rings. The highest BCUT2D eigenvalue weighted by Gasteiger charge is 2.53.